The minimum atomic E-state index is -5.08. The molecule has 1 atom stereocenters. The Morgan fingerprint density at radius 1 is 1.28 bits per heavy atom. The number of nitrogens with one attached hydrogen (secondary N) is 1. The molecule has 0 aromatic heterocycles. The Hall–Kier alpha value is -2.82. The lowest BCUT2D eigenvalue weighted by Gasteiger charge is -2.33. The quantitative estimate of drug-likeness (QED) is 0.671. The fourth-order valence-corrected chi connectivity index (χ4v) is 2.76. The van der Waals surface area contributed by atoms with Gasteiger partial charge < -0.3 is 25.2 Å². The predicted octanol–water partition coefficient (Wildman–Crippen LogP) is 2.84. The van der Waals surface area contributed by atoms with Gasteiger partial charge in [0.2, 0.25) is 5.91 Å². The van der Waals surface area contributed by atoms with Gasteiger partial charge in [-0.15, -0.1) is 0 Å². The summed E-state index contributed by atoms with van der Waals surface area (Å²) in [4.78, 5) is 34.1. The second-order valence-electron chi connectivity index (χ2n) is 6.51. The Labute approximate surface area is 165 Å². The molecule has 1 aromatic rings. The number of amides is 1. The van der Waals surface area contributed by atoms with E-state index in [0.29, 0.717) is 11.6 Å². The maximum atomic E-state index is 11.6. The number of aromatic carboxylic acids is 1. The van der Waals surface area contributed by atoms with Crippen molar-refractivity contribution >= 4 is 29.2 Å². The number of carbonyl (C=O) groups excluding carboxylic acids is 1. The second-order valence-corrected chi connectivity index (χ2v) is 6.51. The molecule has 1 fully saturated rings. The van der Waals surface area contributed by atoms with E-state index in [1.807, 2.05) is 6.07 Å². The molecule has 1 aliphatic rings. The van der Waals surface area contributed by atoms with Crippen LogP contribution >= 0.6 is 0 Å². The van der Waals surface area contributed by atoms with Crippen molar-refractivity contribution in [1.29, 1.82) is 0 Å². The van der Waals surface area contributed by atoms with Crippen LogP contribution in [0.5, 0.6) is 0 Å². The van der Waals surface area contributed by atoms with E-state index in [4.69, 9.17) is 14.6 Å². The molecular formula is C18H23F3N2O6. The third-order valence-corrected chi connectivity index (χ3v) is 4.05. The van der Waals surface area contributed by atoms with Crippen LogP contribution in [-0.2, 0) is 14.3 Å². The predicted molar refractivity (Wildman–Crippen MR) is 98.2 cm³/mol. The summed E-state index contributed by atoms with van der Waals surface area (Å²) in [5.74, 6) is -3.58. The molecule has 1 aliphatic heterocycles. The van der Waals surface area contributed by atoms with Gasteiger partial charge in [-0.1, -0.05) is 6.92 Å². The molecule has 2 rings (SSSR count). The number of benzene rings is 1. The van der Waals surface area contributed by atoms with E-state index in [2.05, 4.69) is 17.1 Å². The number of halogens is 3. The van der Waals surface area contributed by atoms with Crippen molar-refractivity contribution in [2.45, 2.75) is 25.9 Å². The van der Waals surface area contributed by atoms with Crippen LogP contribution in [0.15, 0.2) is 18.2 Å². The summed E-state index contributed by atoms with van der Waals surface area (Å²) in [6, 6.07) is 5.13. The molecule has 0 aliphatic carbocycles. The van der Waals surface area contributed by atoms with Gasteiger partial charge in [0.15, 0.2) is 0 Å². The average Bonchev–Trinajstić information content (AvgIpc) is 2.61. The molecule has 162 valence electrons. The Morgan fingerprint density at radius 2 is 1.90 bits per heavy atom. The van der Waals surface area contributed by atoms with Gasteiger partial charge in [0.1, 0.15) is 6.61 Å². The minimum Gasteiger partial charge on any atom is -0.478 e. The van der Waals surface area contributed by atoms with E-state index < -0.39 is 18.1 Å². The van der Waals surface area contributed by atoms with E-state index >= 15 is 0 Å². The van der Waals surface area contributed by atoms with E-state index in [1.54, 1.807) is 12.1 Å². The Morgan fingerprint density at radius 3 is 2.38 bits per heavy atom. The number of alkyl halides is 3. The van der Waals surface area contributed by atoms with Crippen molar-refractivity contribution in [3.05, 3.63) is 23.8 Å². The van der Waals surface area contributed by atoms with Crippen LogP contribution in [0.4, 0.5) is 24.5 Å². The third-order valence-electron chi connectivity index (χ3n) is 4.05. The highest BCUT2D eigenvalue weighted by atomic mass is 19.4. The second kappa shape index (κ2) is 10.6. The maximum absolute atomic E-state index is 11.6. The molecule has 1 saturated heterocycles. The highest BCUT2D eigenvalue weighted by Crippen LogP contribution is 2.27. The van der Waals surface area contributed by atoms with E-state index in [0.717, 1.165) is 25.2 Å². The number of hydrogen-bond acceptors (Lipinski definition) is 5. The first-order valence-corrected chi connectivity index (χ1v) is 8.66. The first-order valence-electron chi connectivity index (χ1n) is 8.66. The van der Waals surface area contributed by atoms with Gasteiger partial charge in [-0.3, -0.25) is 4.79 Å². The number of anilines is 2. The molecule has 11 heteroatoms. The molecule has 0 spiro atoms. The zero-order valence-corrected chi connectivity index (χ0v) is 16.0. The summed E-state index contributed by atoms with van der Waals surface area (Å²) in [5, 5.41) is 19.1. The lowest BCUT2D eigenvalue weighted by molar-refractivity contribution is -0.192. The van der Waals surface area contributed by atoms with E-state index in [-0.39, 0.29) is 18.1 Å². The number of piperidine rings is 1. The summed E-state index contributed by atoms with van der Waals surface area (Å²) in [7, 11) is 1.41. The first kappa shape index (κ1) is 24.2. The highest BCUT2D eigenvalue weighted by Gasteiger charge is 2.38. The number of aliphatic carboxylic acids is 1. The van der Waals surface area contributed by atoms with Gasteiger partial charge in [-0.05, 0) is 37.0 Å². The van der Waals surface area contributed by atoms with Crippen LogP contribution in [0.25, 0.3) is 0 Å². The summed E-state index contributed by atoms with van der Waals surface area (Å²) < 4.78 is 36.5. The highest BCUT2D eigenvalue weighted by molar-refractivity contribution is 6.01. The first-order chi connectivity index (χ1) is 13.5. The Kier molecular flexibility index (Phi) is 8.89. The zero-order chi connectivity index (χ0) is 22.2. The van der Waals surface area contributed by atoms with Crippen molar-refractivity contribution in [1.82, 2.24) is 0 Å². The smallest absolute Gasteiger partial charge is 0.478 e. The Balaban J connectivity index is 0.000000516. The average molecular weight is 420 g/mol. The lowest BCUT2D eigenvalue weighted by atomic mass is 9.99. The lowest BCUT2D eigenvalue weighted by Crippen LogP contribution is -2.34. The number of methoxy groups -OCH3 is 1. The summed E-state index contributed by atoms with van der Waals surface area (Å²) in [6.45, 7) is 3.95. The van der Waals surface area contributed by atoms with Gasteiger partial charge in [-0.25, -0.2) is 9.59 Å². The largest absolute Gasteiger partial charge is 0.490 e. The van der Waals surface area contributed by atoms with E-state index in [1.165, 1.54) is 13.5 Å². The monoisotopic (exact) mass is 420 g/mol. The SMILES string of the molecule is COCC(=O)Nc1ccc(N2CCCC(C)C2)cc1C(=O)O.O=C(O)C(F)(F)F. The summed E-state index contributed by atoms with van der Waals surface area (Å²) >= 11 is 0. The number of carbonyl (C=O) groups is 3. The summed E-state index contributed by atoms with van der Waals surface area (Å²) in [6.07, 6.45) is -2.77. The topological polar surface area (TPSA) is 116 Å². The normalized spacial score (nSPS) is 16.4. The molecule has 1 unspecified atom stereocenters. The van der Waals surface area contributed by atoms with Crippen molar-refractivity contribution < 1.29 is 42.5 Å². The van der Waals surface area contributed by atoms with Gasteiger partial charge >= 0.3 is 18.1 Å². The van der Waals surface area contributed by atoms with Gasteiger partial charge in [0.05, 0.1) is 11.3 Å². The van der Waals surface area contributed by atoms with Crippen LogP contribution in [0.2, 0.25) is 0 Å². The molecule has 1 aromatic carbocycles. The van der Waals surface area contributed by atoms with Gasteiger partial charge in [0, 0.05) is 25.9 Å². The maximum Gasteiger partial charge on any atom is 0.490 e. The van der Waals surface area contributed by atoms with Crippen molar-refractivity contribution in [3.63, 3.8) is 0 Å². The molecule has 1 amide bonds. The fourth-order valence-electron chi connectivity index (χ4n) is 2.76. The number of nitrogens with zero attached hydrogens (tertiary/aromatic N) is 1. The van der Waals surface area contributed by atoms with Crippen LogP contribution in [0.3, 0.4) is 0 Å². The fraction of sp³-hybridized carbons (Fsp3) is 0.500. The van der Waals surface area contributed by atoms with Gasteiger partial charge in [0.25, 0.3) is 0 Å². The molecule has 3 N–H and O–H groups in total. The Bertz CT molecular complexity index is 739. The molecule has 8 nitrogen and oxygen atoms in total. The number of ether oxygens (including phenoxy) is 1. The van der Waals surface area contributed by atoms with Crippen LogP contribution in [0.1, 0.15) is 30.1 Å². The number of carboxylic acids is 2. The van der Waals surface area contributed by atoms with Crippen LogP contribution in [-0.4, -0.2) is 61.0 Å². The van der Waals surface area contributed by atoms with Crippen molar-refractivity contribution in [2.75, 3.05) is 37.0 Å². The summed E-state index contributed by atoms with van der Waals surface area (Å²) in [5.41, 5.74) is 1.28. The molecule has 1 heterocycles. The van der Waals surface area contributed by atoms with Crippen molar-refractivity contribution in [3.8, 4) is 0 Å². The third kappa shape index (κ3) is 7.98. The van der Waals surface area contributed by atoms with E-state index in [9.17, 15) is 27.9 Å². The molecule has 0 saturated carbocycles. The standard InChI is InChI=1S/C16H22N2O4.C2HF3O2/c1-11-4-3-7-18(9-11)12-5-6-14(13(8-12)16(20)21)17-15(19)10-22-2;3-2(4,5)1(6)7/h5-6,8,11H,3-4,7,9-10H2,1-2H3,(H,17,19)(H,20,21);(H,6,7). The number of carboxylic acid groups (broad SMARTS) is 2. The van der Waals surface area contributed by atoms with Gasteiger partial charge in [-0.2, -0.15) is 13.2 Å². The number of rotatable bonds is 5. The van der Waals surface area contributed by atoms with Crippen molar-refractivity contribution in [2.24, 2.45) is 5.92 Å². The van der Waals surface area contributed by atoms with Crippen LogP contribution < -0.4 is 10.2 Å². The van der Waals surface area contributed by atoms with Crippen LogP contribution in [0, 0.1) is 5.92 Å². The minimum absolute atomic E-state index is 0.0974. The molecular weight excluding hydrogens is 397 g/mol. The molecule has 29 heavy (non-hydrogen) atoms. The molecule has 0 radical (unpaired) electrons. The number of hydrogen-bond donors (Lipinski definition) is 3. The molecule has 0 bridgehead atoms. The zero-order valence-electron chi connectivity index (χ0n) is 16.0.